The summed E-state index contributed by atoms with van der Waals surface area (Å²) in [6.07, 6.45) is -0.819. The van der Waals surface area contributed by atoms with Crippen molar-refractivity contribution in [3.63, 3.8) is 0 Å². The van der Waals surface area contributed by atoms with Gasteiger partial charge in [-0.15, -0.1) is 0 Å². The molecule has 0 aliphatic rings. The molecule has 0 fully saturated rings. The van der Waals surface area contributed by atoms with Crippen LogP contribution in [0.2, 0.25) is 0 Å². The Labute approximate surface area is 259 Å². The van der Waals surface area contributed by atoms with Gasteiger partial charge in [0.15, 0.2) is 5.96 Å². The summed E-state index contributed by atoms with van der Waals surface area (Å²) in [6.45, 7) is 8.24. The second-order valence-electron chi connectivity index (χ2n) is 11.4. The van der Waals surface area contributed by atoms with E-state index in [0.717, 1.165) is 0 Å². The Balaban J connectivity index is 2.17. The molecule has 0 bridgehead atoms. The zero-order chi connectivity index (χ0) is 33.9. The maximum atomic E-state index is 13.3. The second-order valence-corrected chi connectivity index (χ2v) is 11.4. The lowest BCUT2D eigenvalue weighted by Gasteiger charge is -2.25. The molecule has 3 atom stereocenters. The number of amides is 5. The minimum absolute atomic E-state index is 0.123. The highest BCUT2D eigenvalue weighted by Gasteiger charge is 2.29. The molecule has 246 valence electrons. The number of rotatable bonds is 14. The van der Waals surface area contributed by atoms with E-state index in [4.69, 9.17) is 26.4 Å². The van der Waals surface area contributed by atoms with E-state index < -0.39 is 59.1 Å². The number of nitrogens with zero attached hydrogens (tertiary/aromatic N) is 1. The van der Waals surface area contributed by atoms with Crippen LogP contribution in [0.25, 0.3) is 11.0 Å². The number of alkyl carbamates (subject to hydrolysis) is 1. The number of anilines is 1. The number of nitrogens with one attached hydrogen (secondary N) is 4. The number of fused-ring (bicyclic) bond motifs is 1. The van der Waals surface area contributed by atoms with Gasteiger partial charge in [0, 0.05) is 36.2 Å². The van der Waals surface area contributed by atoms with E-state index in [1.165, 1.54) is 19.1 Å². The summed E-state index contributed by atoms with van der Waals surface area (Å²) >= 11 is 0. The Morgan fingerprint density at radius 3 is 2.22 bits per heavy atom. The van der Waals surface area contributed by atoms with Gasteiger partial charge < -0.3 is 47.6 Å². The summed E-state index contributed by atoms with van der Waals surface area (Å²) in [5.41, 5.74) is 15.9. The molecule has 2 aromatic rings. The first-order chi connectivity index (χ1) is 20.9. The van der Waals surface area contributed by atoms with Crippen molar-refractivity contribution in [1.82, 2.24) is 16.0 Å². The van der Waals surface area contributed by atoms with Gasteiger partial charge in [0.25, 0.3) is 0 Å². The van der Waals surface area contributed by atoms with E-state index in [1.54, 1.807) is 39.8 Å². The Morgan fingerprint density at radius 2 is 1.60 bits per heavy atom. The molecule has 0 radical (unpaired) electrons. The van der Waals surface area contributed by atoms with Gasteiger partial charge in [-0.1, -0.05) is 0 Å². The van der Waals surface area contributed by atoms with Crippen molar-refractivity contribution in [3.05, 3.63) is 40.2 Å². The van der Waals surface area contributed by atoms with Crippen LogP contribution >= 0.6 is 0 Å². The Bertz CT molecular complexity index is 1490. The molecular formula is C29H42N8O8. The summed E-state index contributed by atoms with van der Waals surface area (Å²) in [4.78, 5) is 78.7. The van der Waals surface area contributed by atoms with Gasteiger partial charge in [0.1, 0.15) is 29.3 Å². The predicted molar refractivity (Wildman–Crippen MR) is 167 cm³/mol. The van der Waals surface area contributed by atoms with Crippen LogP contribution in [-0.2, 0) is 23.9 Å². The van der Waals surface area contributed by atoms with Crippen LogP contribution in [0.1, 0.15) is 58.9 Å². The van der Waals surface area contributed by atoms with E-state index >= 15 is 0 Å². The Morgan fingerprint density at radius 1 is 0.933 bits per heavy atom. The first-order valence-corrected chi connectivity index (χ1v) is 14.2. The van der Waals surface area contributed by atoms with E-state index in [2.05, 4.69) is 26.3 Å². The summed E-state index contributed by atoms with van der Waals surface area (Å²) < 4.78 is 10.4. The van der Waals surface area contributed by atoms with Crippen molar-refractivity contribution >= 4 is 52.3 Å². The number of nitrogens with two attached hydrogens (primary N) is 3. The van der Waals surface area contributed by atoms with Crippen LogP contribution < -0.4 is 44.1 Å². The first kappa shape index (κ1) is 36.0. The molecule has 0 aliphatic carbocycles. The van der Waals surface area contributed by atoms with Crippen molar-refractivity contribution in [2.24, 2.45) is 22.2 Å². The molecular weight excluding hydrogens is 588 g/mol. The van der Waals surface area contributed by atoms with Crippen molar-refractivity contribution in [2.45, 2.75) is 84.0 Å². The van der Waals surface area contributed by atoms with E-state index in [9.17, 15) is 28.8 Å². The number of hydrogen-bond donors (Lipinski definition) is 7. The van der Waals surface area contributed by atoms with E-state index in [1.807, 2.05) is 0 Å². The van der Waals surface area contributed by atoms with Gasteiger partial charge in [0.05, 0.1) is 0 Å². The van der Waals surface area contributed by atoms with Crippen LogP contribution in [0.15, 0.2) is 38.5 Å². The molecule has 1 aromatic carbocycles. The van der Waals surface area contributed by atoms with Crippen LogP contribution in [0.5, 0.6) is 0 Å². The average Bonchev–Trinajstić information content (AvgIpc) is 2.90. The number of carbonyl (C=O) groups is 5. The predicted octanol–water partition coefficient (Wildman–Crippen LogP) is 0.242. The zero-order valence-electron chi connectivity index (χ0n) is 26.0. The highest BCUT2D eigenvalue weighted by atomic mass is 16.6. The molecule has 0 aliphatic heterocycles. The highest BCUT2D eigenvalue weighted by molar-refractivity contribution is 6.00. The number of ether oxygens (including phenoxy) is 1. The van der Waals surface area contributed by atoms with Crippen LogP contribution in [-0.4, -0.2) is 66.0 Å². The maximum absolute atomic E-state index is 13.3. The van der Waals surface area contributed by atoms with Crippen LogP contribution in [0, 0.1) is 6.92 Å². The third kappa shape index (κ3) is 12.5. The fraction of sp³-hybridized carbons (Fsp3) is 0.483. The molecule has 1 aromatic heterocycles. The molecule has 2 rings (SSSR count). The van der Waals surface area contributed by atoms with Gasteiger partial charge in [-0.25, -0.2) is 9.59 Å². The minimum atomic E-state index is -1.24. The lowest BCUT2D eigenvalue weighted by Crippen LogP contribution is -2.55. The highest BCUT2D eigenvalue weighted by Crippen LogP contribution is 2.21. The van der Waals surface area contributed by atoms with Crippen molar-refractivity contribution < 1.29 is 33.1 Å². The third-order valence-electron chi connectivity index (χ3n) is 6.24. The largest absolute Gasteiger partial charge is 0.444 e. The summed E-state index contributed by atoms with van der Waals surface area (Å²) in [6, 6.07) is 2.67. The van der Waals surface area contributed by atoms with Gasteiger partial charge in [-0.2, -0.15) is 0 Å². The third-order valence-corrected chi connectivity index (χ3v) is 6.24. The second kappa shape index (κ2) is 16.1. The van der Waals surface area contributed by atoms with Crippen LogP contribution in [0.4, 0.5) is 10.5 Å². The SMILES string of the molecule is Cc1cc(=O)oc2cc(NC(=O)[C@H](CCCN=C(N)N)NC(=O)C(C)NC(=O)[C@@H](CCC(N)=O)NC(=O)OC(C)(C)C)ccc12. The molecule has 45 heavy (non-hydrogen) atoms. The summed E-state index contributed by atoms with van der Waals surface area (Å²) in [5.74, 6) is -2.90. The standard InChI is InChI=1S/C29H42N8O8/c1-15-13-23(39)44-21-14-17(8-9-18(15)21)35-26(42)19(7-6-12-33-27(31)32)36-24(40)16(2)34-25(41)20(10-11-22(30)38)37-28(43)45-29(3,4)5/h8-9,13-14,16,19-20H,6-7,10-12H2,1-5H3,(H2,30,38)(H,34,41)(H,35,42)(H,36,40)(H,37,43)(H4,31,32,33)/t16?,19-,20+/m0/s1. The molecule has 16 heteroatoms. The quantitative estimate of drug-likeness (QED) is 0.0647. The minimum Gasteiger partial charge on any atom is -0.444 e. The van der Waals surface area contributed by atoms with Gasteiger partial charge in [-0.05, 0) is 71.6 Å². The van der Waals surface area contributed by atoms with E-state index in [-0.39, 0.29) is 37.3 Å². The summed E-state index contributed by atoms with van der Waals surface area (Å²) in [5, 5.41) is 10.9. The number of guanidine groups is 1. The topological polar surface area (TPSA) is 263 Å². The van der Waals surface area contributed by atoms with Gasteiger partial charge >= 0.3 is 11.7 Å². The van der Waals surface area contributed by atoms with Crippen molar-refractivity contribution in [3.8, 4) is 0 Å². The van der Waals surface area contributed by atoms with Gasteiger partial charge in [0.2, 0.25) is 23.6 Å². The first-order valence-electron chi connectivity index (χ1n) is 14.2. The lowest BCUT2D eigenvalue weighted by molar-refractivity contribution is -0.131. The fourth-order valence-electron chi connectivity index (χ4n) is 4.09. The van der Waals surface area contributed by atoms with Crippen molar-refractivity contribution in [2.75, 3.05) is 11.9 Å². The maximum Gasteiger partial charge on any atom is 0.408 e. The monoisotopic (exact) mass is 630 g/mol. The fourth-order valence-corrected chi connectivity index (χ4v) is 4.09. The molecule has 0 spiro atoms. The van der Waals surface area contributed by atoms with Crippen LogP contribution in [0.3, 0.4) is 0 Å². The molecule has 0 saturated carbocycles. The van der Waals surface area contributed by atoms with Crippen molar-refractivity contribution in [1.29, 1.82) is 0 Å². The normalized spacial score (nSPS) is 13.1. The van der Waals surface area contributed by atoms with Gasteiger partial charge in [-0.3, -0.25) is 24.2 Å². The number of benzene rings is 1. The molecule has 16 nitrogen and oxygen atoms in total. The Kier molecular flexibility index (Phi) is 12.9. The molecule has 0 saturated heterocycles. The molecule has 1 heterocycles. The molecule has 1 unspecified atom stereocenters. The number of aliphatic imine (C=N–C) groups is 1. The number of primary amides is 1. The van der Waals surface area contributed by atoms with E-state index in [0.29, 0.717) is 23.1 Å². The summed E-state index contributed by atoms with van der Waals surface area (Å²) in [7, 11) is 0. The average molecular weight is 631 g/mol. The molecule has 5 amide bonds. The number of aryl methyl sites for hydroxylation is 1. The number of hydrogen-bond acceptors (Lipinski definition) is 9. The smallest absolute Gasteiger partial charge is 0.408 e. The molecule has 10 N–H and O–H groups in total. The number of carbonyl (C=O) groups excluding carboxylic acids is 5. The zero-order valence-corrected chi connectivity index (χ0v) is 26.0. The lowest BCUT2D eigenvalue weighted by atomic mass is 10.1. The Hall–Kier alpha value is -5.15.